The summed E-state index contributed by atoms with van der Waals surface area (Å²) in [6.07, 6.45) is 0. The summed E-state index contributed by atoms with van der Waals surface area (Å²) in [6, 6.07) is 0. The molecule has 62 valence electrons. The van der Waals surface area contributed by atoms with Crippen molar-refractivity contribution in [1.29, 1.82) is 0 Å². The molecular formula is C5H7NO4S. The minimum absolute atomic E-state index is 0.112. The van der Waals surface area contributed by atoms with Gasteiger partial charge < -0.3 is 4.74 Å². The van der Waals surface area contributed by atoms with E-state index in [0.717, 1.165) is 0 Å². The highest BCUT2D eigenvalue weighted by atomic mass is 32.2. The molecule has 1 N–H and O–H groups in total. The van der Waals surface area contributed by atoms with Crippen molar-refractivity contribution in [2.75, 3.05) is 19.0 Å². The molecule has 0 bridgehead atoms. The maximum Gasteiger partial charge on any atom is 0.245 e. The van der Waals surface area contributed by atoms with Gasteiger partial charge in [-0.05, 0) is 0 Å². The van der Waals surface area contributed by atoms with E-state index >= 15 is 0 Å². The van der Waals surface area contributed by atoms with Crippen molar-refractivity contribution in [2.45, 2.75) is 0 Å². The largest absolute Gasteiger partial charge is 0.379 e. The summed E-state index contributed by atoms with van der Waals surface area (Å²) >= 11 is 0. The monoisotopic (exact) mass is 177 g/mol. The normalized spacial score (nSPS) is 31.5. The Morgan fingerprint density at radius 3 is 2.27 bits per heavy atom. The van der Waals surface area contributed by atoms with Gasteiger partial charge >= 0.3 is 0 Å². The zero-order valence-electron chi connectivity index (χ0n) is 5.66. The van der Waals surface area contributed by atoms with Crippen LogP contribution in [0.4, 0.5) is 0 Å². The van der Waals surface area contributed by atoms with Crippen molar-refractivity contribution in [3.8, 4) is 0 Å². The van der Waals surface area contributed by atoms with E-state index in [2.05, 4.69) is 0 Å². The maximum absolute atomic E-state index is 11.0. The third kappa shape index (κ3) is 0.860. The maximum atomic E-state index is 11.0. The molecule has 0 aromatic rings. The lowest BCUT2D eigenvalue weighted by Crippen LogP contribution is -2.49. The molecule has 1 spiro atoms. The molecule has 0 atom stereocenters. The second kappa shape index (κ2) is 1.75. The highest BCUT2D eigenvalue weighted by Gasteiger charge is 2.55. The second-order valence-electron chi connectivity index (χ2n) is 2.96. The van der Waals surface area contributed by atoms with Crippen LogP contribution in [0.15, 0.2) is 0 Å². The molecule has 0 aromatic heterocycles. The van der Waals surface area contributed by atoms with E-state index in [4.69, 9.17) is 4.74 Å². The molecule has 2 aliphatic heterocycles. The second-order valence-corrected chi connectivity index (χ2v) is 4.69. The van der Waals surface area contributed by atoms with Gasteiger partial charge in [-0.15, -0.1) is 0 Å². The number of nitrogens with one attached hydrogen (secondary N) is 1. The molecule has 2 aliphatic rings. The number of hydrogen-bond acceptors (Lipinski definition) is 4. The van der Waals surface area contributed by atoms with Gasteiger partial charge in [0.2, 0.25) is 15.9 Å². The number of amides is 1. The minimum atomic E-state index is -3.34. The van der Waals surface area contributed by atoms with Gasteiger partial charge in [0.15, 0.2) is 0 Å². The van der Waals surface area contributed by atoms with Crippen LogP contribution in [0.3, 0.4) is 0 Å². The van der Waals surface area contributed by atoms with Crippen molar-refractivity contribution in [3.05, 3.63) is 0 Å². The van der Waals surface area contributed by atoms with E-state index in [1.807, 2.05) is 4.72 Å². The Morgan fingerprint density at radius 1 is 1.45 bits per heavy atom. The van der Waals surface area contributed by atoms with Crippen molar-refractivity contribution >= 4 is 15.9 Å². The average Bonchev–Trinajstić information content (AvgIpc) is 1.99. The fraction of sp³-hybridized carbons (Fsp3) is 0.800. The molecule has 5 nitrogen and oxygen atoms in total. The molecule has 2 fully saturated rings. The number of sulfonamides is 1. The fourth-order valence-electron chi connectivity index (χ4n) is 1.28. The highest BCUT2D eigenvalue weighted by molar-refractivity contribution is 7.90. The van der Waals surface area contributed by atoms with Crippen LogP contribution in [0, 0.1) is 5.41 Å². The summed E-state index contributed by atoms with van der Waals surface area (Å²) in [5.74, 6) is -0.525. The third-order valence-corrected chi connectivity index (χ3v) is 3.38. The smallest absolute Gasteiger partial charge is 0.245 e. The van der Waals surface area contributed by atoms with Gasteiger partial charge in [-0.2, -0.15) is 0 Å². The highest BCUT2D eigenvalue weighted by Crippen LogP contribution is 2.33. The van der Waals surface area contributed by atoms with Crippen LogP contribution in [0.5, 0.6) is 0 Å². The topological polar surface area (TPSA) is 72.5 Å². The van der Waals surface area contributed by atoms with Crippen molar-refractivity contribution < 1.29 is 17.9 Å². The number of ether oxygens (including phenoxy) is 1. The lowest BCUT2D eigenvalue weighted by molar-refractivity contribution is -0.152. The van der Waals surface area contributed by atoms with E-state index in [-0.39, 0.29) is 19.0 Å². The minimum Gasteiger partial charge on any atom is -0.379 e. The van der Waals surface area contributed by atoms with E-state index in [0.29, 0.717) is 0 Å². The molecule has 0 radical (unpaired) electrons. The first kappa shape index (κ1) is 7.05. The first-order chi connectivity index (χ1) is 5.04. The van der Waals surface area contributed by atoms with Crippen LogP contribution in [0.2, 0.25) is 0 Å². The summed E-state index contributed by atoms with van der Waals surface area (Å²) in [5, 5.41) is 0. The summed E-state index contributed by atoms with van der Waals surface area (Å²) in [4.78, 5) is 11.0. The quantitative estimate of drug-likeness (QED) is 0.487. The first-order valence-electron chi connectivity index (χ1n) is 3.17. The summed E-state index contributed by atoms with van der Waals surface area (Å²) in [5.41, 5.74) is -0.751. The van der Waals surface area contributed by atoms with Crippen LogP contribution < -0.4 is 4.72 Å². The van der Waals surface area contributed by atoms with Gasteiger partial charge in [0.05, 0.1) is 19.0 Å². The number of carbonyl (C=O) groups is 1. The molecule has 6 heteroatoms. The SMILES string of the molecule is O=C1NS(=O)(=O)CC12COC2. The summed E-state index contributed by atoms with van der Waals surface area (Å²) < 4.78 is 28.5. The summed E-state index contributed by atoms with van der Waals surface area (Å²) in [6.45, 7) is 0.468. The Labute approximate surface area is 63.8 Å². The lowest BCUT2D eigenvalue weighted by atomic mass is 9.88. The van der Waals surface area contributed by atoms with Gasteiger partial charge in [0.1, 0.15) is 5.41 Å². The summed E-state index contributed by atoms with van der Waals surface area (Å²) in [7, 11) is -3.34. The Balaban J connectivity index is 2.34. The van der Waals surface area contributed by atoms with E-state index in [1.54, 1.807) is 0 Å². The zero-order chi connectivity index (χ0) is 8.11. The number of rotatable bonds is 0. The average molecular weight is 177 g/mol. The predicted octanol–water partition coefficient (Wildman–Crippen LogP) is -1.54. The molecule has 0 unspecified atom stereocenters. The van der Waals surface area contributed by atoms with Gasteiger partial charge in [0, 0.05) is 0 Å². The fourth-order valence-corrected chi connectivity index (χ4v) is 2.87. The molecule has 0 aromatic carbocycles. The van der Waals surface area contributed by atoms with Gasteiger partial charge in [-0.3, -0.25) is 9.52 Å². The molecule has 1 amide bonds. The van der Waals surface area contributed by atoms with E-state index < -0.39 is 21.3 Å². The number of hydrogen-bond donors (Lipinski definition) is 1. The lowest BCUT2D eigenvalue weighted by Gasteiger charge is -2.33. The standard InChI is InChI=1S/C5H7NO4S/c7-4-5(1-10-2-5)3-11(8,9)6-4/h1-3H2,(H,6,7). The molecule has 2 rings (SSSR count). The van der Waals surface area contributed by atoms with Crippen molar-refractivity contribution in [3.63, 3.8) is 0 Å². The van der Waals surface area contributed by atoms with Crippen molar-refractivity contribution in [2.24, 2.45) is 5.41 Å². The zero-order valence-corrected chi connectivity index (χ0v) is 6.48. The van der Waals surface area contributed by atoms with Crippen molar-refractivity contribution in [1.82, 2.24) is 4.72 Å². The molecule has 0 saturated carbocycles. The predicted molar refractivity (Wildman–Crippen MR) is 35.2 cm³/mol. The first-order valence-corrected chi connectivity index (χ1v) is 4.82. The Bertz CT molecular complexity index is 302. The molecule has 2 saturated heterocycles. The molecule has 0 aliphatic carbocycles. The Hall–Kier alpha value is -0.620. The van der Waals surface area contributed by atoms with E-state index in [1.165, 1.54) is 0 Å². The van der Waals surface area contributed by atoms with E-state index in [9.17, 15) is 13.2 Å². The van der Waals surface area contributed by atoms with Crippen LogP contribution in [0.25, 0.3) is 0 Å². The Kier molecular flexibility index (Phi) is 1.12. The molecule has 11 heavy (non-hydrogen) atoms. The third-order valence-electron chi connectivity index (χ3n) is 1.95. The van der Waals surface area contributed by atoms with Gasteiger partial charge in [-0.1, -0.05) is 0 Å². The Morgan fingerprint density at radius 2 is 2.09 bits per heavy atom. The van der Waals surface area contributed by atoms with Crippen LogP contribution in [0.1, 0.15) is 0 Å². The van der Waals surface area contributed by atoms with Gasteiger partial charge in [-0.25, -0.2) is 8.42 Å². The molecule has 2 heterocycles. The van der Waals surface area contributed by atoms with Crippen LogP contribution in [-0.4, -0.2) is 33.3 Å². The molecular weight excluding hydrogens is 170 g/mol. The van der Waals surface area contributed by atoms with Crippen LogP contribution in [-0.2, 0) is 19.6 Å². The number of carbonyl (C=O) groups excluding carboxylic acids is 1. The van der Waals surface area contributed by atoms with Gasteiger partial charge in [0.25, 0.3) is 0 Å². The van der Waals surface area contributed by atoms with Crippen LogP contribution >= 0.6 is 0 Å².